The fourth-order valence-corrected chi connectivity index (χ4v) is 3.01. The van der Waals surface area contributed by atoms with Crippen LogP contribution in [-0.4, -0.2) is 37.6 Å². The smallest absolute Gasteiger partial charge is 0.207 e. The van der Waals surface area contributed by atoms with Gasteiger partial charge in [-0.1, -0.05) is 24.9 Å². The van der Waals surface area contributed by atoms with Crippen LogP contribution in [0.5, 0.6) is 5.75 Å². The summed E-state index contributed by atoms with van der Waals surface area (Å²) in [5.41, 5.74) is 1.15. The molecule has 1 fully saturated rings. The minimum Gasteiger partial charge on any atom is -0.493 e. The quantitative estimate of drug-likeness (QED) is 0.560. The number of unbranched alkanes of at least 4 members (excludes halogenated alkanes) is 1. The zero-order valence-corrected chi connectivity index (χ0v) is 13.9. The van der Waals surface area contributed by atoms with Gasteiger partial charge in [0.25, 0.3) is 0 Å². The van der Waals surface area contributed by atoms with Gasteiger partial charge in [-0.05, 0) is 43.5 Å². The summed E-state index contributed by atoms with van der Waals surface area (Å²) in [5, 5.41) is 3.52. The Morgan fingerprint density at radius 2 is 2.36 bits per heavy atom. The van der Waals surface area contributed by atoms with Crippen molar-refractivity contribution in [1.29, 1.82) is 0 Å². The number of ether oxygens (including phenoxy) is 1. The topological polar surface area (TPSA) is 41.6 Å². The molecule has 1 saturated heterocycles. The predicted molar refractivity (Wildman–Crippen MR) is 89.3 cm³/mol. The van der Waals surface area contributed by atoms with Crippen molar-refractivity contribution in [3.8, 4) is 5.75 Å². The van der Waals surface area contributed by atoms with Gasteiger partial charge in [-0.2, -0.15) is 0 Å². The number of benzene rings is 1. The second kappa shape index (κ2) is 9.01. The van der Waals surface area contributed by atoms with Crippen molar-refractivity contribution in [2.75, 3.05) is 26.2 Å². The predicted octanol–water partition coefficient (Wildman–Crippen LogP) is 3.09. The number of halogens is 1. The van der Waals surface area contributed by atoms with Crippen LogP contribution in [-0.2, 0) is 11.3 Å². The summed E-state index contributed by atoms with van der Waals surface area (Å²) >= 11 is 6.14. The van der Waals surface area contributed by atoms with Gasteiger partial charge in [0.05, 0.1) is 6.61 Å². The molecule has 1 heterocycles. The lowest BCUT2D eigenvalue weighted by Crippen LogP contribution is -2.25. The number of likely N-dealkylation sites (tertiary alicyclic amines) is 1. The monoisotopic (exact) mass is 324 g/mol. The molecule has 1 aliphatic rings. The van der Waals surface area contributed by atoms with Crippen LogP contribution in [0, 0.1) is 5.92 Å². The van der Waals surface area contributed by atoms with Crippen molar-refractivity contribution in [2.45, 2.75) is 32.7 Å². The Bertz CT molecular complexity index is 482. The van der Waals surface area contributed by atoms with Crippen LogP contribution in [0.25, 0.3) is 0 Å². The highest BCUT2D eigenvalue weighted by Gasteiger charge is 2.23. The fraction of sp³-hybridized carbons (Fsp3) is 0.588. The van der Waals surface area contributed by atoms with E-state index in [1.165, 1.54) is 0 Å². The number of hydrogen-bond donors (Lipinski definition) is 1. The number of amides is 1. The number of nitrogens with zero attached hydrogens (tertiary/aromatic N) is 1. The van der Waals surface area contributed by atoms with E-state index in [0.29, 0.717) is 5.92 Å². The molecule has 22 heavy (non-hydrogen) atoms. The maximum Gasteiger partial charge on any atom is 0.207 e. The Hall–Kier alpha value is -1.26. The maximum absolute atomic E-state index is 10.4. The first-order chi connectivity index (χ1) is 10.7. The van der Waals surface area contributed by atoms with Gasteiger partial charge >= 0.3 is 0 Å². The molecular weight excluding hydrogens is 300 g/mol. The number of hydrogen-bond acceptors (Lipinski definition) is 3. The summed E-state index contributed by atoms with van der Waals surface area (Å²) in [5.74, 6) is 1.47. The van der Waals surface area contributed by atoms with E-state index in [2.05, 4.69) is 17.1 Å². The Morgan fingerprint density at radius 1 is 1.50 bits per heavy atom. The van der Waals surface area contributed by atoms with Crippen molar-refractivity contribution in [3.05, 3.63) is 28.8 Å². The molecule has 1 N–H and O–H groups in total. The van der Waals surface area contributed by atoms with Gasteiger partial charge in [-0.3, -0.25) is 9.69 Å². The molecule has 4 nitrogen and oxygen atoms in total. The second-order valence-corrected chi connectivity index (χ2v) is 6.31. The van der Waals surface area contributed by atoms with Crippen LogP contribution in [0.3, 0.4) is 0 Å². The largest absolute Gasteiger partial charge is 0.493 e. The third-order valence-electron chi connectivity index (χ3n) is 4.03. The standard InChI is InChI=1S/C17H25ClN2O2/c1-2-3-8-22-17-5-4-16(18)9-15(17)12-20-7-6-14(11-20)10-19-13-21/h4-5,9,13-14H,2-3,6-8,10-12H2,1H3,(H,19,21). The van der Waals surface area contributed by atoms with E-state index in [1.807, 2.05) is 18.2 Å². The Labute approximate surface area is 137 Å². The minimum absolute atomic E-state index is 0.536. The Balaban J connectivity index is 1.93. The maximum atomic E-state index is 10.4. The number of carbonyl (C=O) groups is 1. The fourth-order valence-electron chi connectivity index (χ4n) is 2.82. The first-order valence-corrected chi connectivity index (χ1v) is 8.41. The van der Waals surface area contributed by atoms with Crippen LogP contribution in [0.4, 0.5) is 0 Å². The number of carbonyl (C=O) groups excluding carboxylic acids is 1. The van der Waals surface area contributed by atoms with Crippen molar-refractivity contribution < 1.29 is 9.53 Å². The number of nitrogens with one attached hydrogen (secondary N) is 1. The van der Waals surface area contributed by atoms with E-state index < -0.39 is 0 Å². The van der Waals surface area contributed by atoms with Crippen molar-refractivity contribution in [1.82, 2.24) is 10.2 Å². The van der Waals surface area contributed by atoms with E-state index in [4.69, 9.17) is 16.3 Å². The molecule has 0 spiro atoms. The molecule has 0 aromatic heterocycles. The summed E-state index contributed by atoms with van der Waals surface area (Å²) in [7, 11) is 0. The second-order valence-electron chi connectivity index (χ2n) is 5.87. The van der Waals surface area contributed by atoms with Crippen LogP contribution in [0.2, 0.25) is 5.02 Å². The van der Waals surface area contributed by atoms with Gasteiger partial charge in [0.2, 0.25) is 6.41 Å². The molecule has 0 bridgehead atoms. The summed E-state index contributed by atoms with van der Waals surface area (Å²) < 4.78 is 5.89. The van der Waals surface area contributed by atoms with E-state index in [1.54, 1.807) is 0 Å². The third kappa shape index (κ3) is 5.18. The molecule has 122 valence electrons. The highest BCUT2D eigenvalue weighted by molar-refractivity contribution is 6.30. The summed E-state index contributed by atoms with van der Waals surface area (Å²) in [4.78, 5) is 12.8. The molecule has 1 atom stereocenters. The first-order valence-electron chi connectivity index (χ1n) is 8.03. The van der Waals surface area contributed by atoms with Gasteiger partial charge in [0, 0.05) is 30.2 Å². The average Bonchev–Trinajstić information content (AvgIpc) is 2.95. The lowest BCUT2D eigenvalue weighted by molar-refractivity contribution is -0.109. The number of rotatable bonds is 9. The van der Waals surface area contributed by atoms with Crippen LogP contribution >= 0.6 is 11.6 Å². The molecule has 2 rings (SSSR count). The average molecular weight is 325 g/mol. The Morgan fingerprint density at radius 3 is 3.14 bits per heavy atom. The highest BCUT2D eigenvalue weighted by Crippen LogP contribution is 2.27. The van der Waals surface area contributed by atoms with Crippen molar-refractivity contribution in [3.63, 3.8) is 0 Å². The van der Waals surface area contributed by atoms with E-state index in [9.17, 15) is 4.79 Å². The van der Waals surface area contributed by atoms with Crippen LogP contribution < -0.4 is 10.1 Å². The highest BCUT2D eigenvalue weighted by atomic mass is 35.5. The van der Waals surface area contributed by atoms with Gasteiger partial charge < -0.3 is 10.1 Å². The molecular formula is C17H25ClN2O2. The molecule has 1 unspecified atom stereocenters. The van der Waals surface area contributed by atoms with Gasteiger partial charge in [0.1, 0.15) is 5.75 Å². The summed E-state index contributed by atoms with van der Waals surface area (Å²) in [6.45, 7) is 6.56. The van der Waals surface area contributed by atoms with E-state index in [-0.39, 0.29) is 0 Å². The van der Waals surface area contributed by atoms with Gasteiger partial charge in [-0.15, -0.1) is 0 Å². The van der Waals surface area contributed by atoms with Crippen LogP contribution in [0.1, 0.15) is 31.7 Å². The summed E-state index contributed by atoms with van der Waals surface area (Å²) in [6, 6.07) is 5.85. The van der Waals surface area contributed by atoms with E-state index in [0.717, 1.165) is 74.8 Å². The van der Waals surface area contributed by atoms with Crippen molar-refractivity contribution >= 4 is 18.0 Å². The zero-order chi connectivity index (χ0) is 15.8. The van der Waals surface area contributed by atoms with Gasteiger partial charge in [0.15, 0.2) is 0 Å². The molecule has 1 aromatic carbocycles. The van der Waals surface area contributed by atoms with E-state index >= 15 is 0 Å². The lowest BCUT2D eigenvalue weighted by Gasteiger charge is -2.19. The molecule has 1 amide bonds. The molecule has 0 aliphatic carbocycles. The van der Waals surface area contributed by atoms with Gasteiger partial charge in [-0.25, -0.2) is 0 Å². The summed E-state index contributed by atoms with van der Waals surface area (Å²) in [6.07, 6.45) is 4.08. The van der Waals surface area contributed by atoms with Crippen LogP contribution in [0.15, 0.2) is 18.2 Å². The molecule has 0 saturated carbocycles. The molecule has 1 aliphatic heterocycles. The SMILES string of the molecule is CCCCOc1ccc(Cl)cc1CN1CCC(CNC=O)C1. The van der Waals surface area contributed by atoms with Crippen molar-refractivity contribution in [2.24, 2.45) is 5.92 Å². The molecule has 1 aromatic rings. The minimum atomic E-state index is 0.536. The third-order valence-corrected chi connectivity index (χ3v) is 4.27. The molecule has 0 radical (unpaired) electrons. The zero-order valence-electron chi connectivity index (χ0n) is 13.2. The Kier molecular flexibility index (Phi) is 7.00. The normalized spacial score (nSPS) is 18.4. The molecule has 5 heteroatoms. The lowest BCUT2D eigenvalue weighted by atomic mass is 10.1. The first kappa shape index (κ1) is 17.1.